The van der Waals surface area contributed by atoms with Gasteiger partial charge < -0.3 is 9.67 Å². The SMILES string of the molecule is CCn1c(CC(=O)O)cnc1Cc1cccc(Cl)c1. The summed E-state index contributed by atoms with van der Waals surface area (Å²) in [6, 6.07) is 7.60. The van der Waals surface area contributed by atoms with Gasteiger partial charge in [0.15, 0.2) is 0 Å². The van der Waals surface area contributed by atoms with Crippen LogP contribution < -0.4 is 0 Å². The molecule has 1 aromatic carbocycles. The van der Waals surface area contributed by atoms with Crippen molar-refractivity contribution in [2.24, 2.45) is 0 Å². The van der Waals surface area contributed by atoms with E-state index in [0.717, 1.165) is 17.1 Å². The molecule has 2 rings (SSSR count). The molecule has 0 amide bonds. The Morgan fingerprint density at radius 3 is 2.89 bits per heavy atom. The first-order valence-corrected chi connectivity index (χ1v) is 6.47. The molecule has 0 fully saturated rings. The lowest BCUT2D eigenvalue weighted by Gasteiger charge is -2.08. The zero-order valence-electron chi connectivity index (χ0n) is 10.6. The fourth-order valence-corrected chi connectivity index (χ4v) is 2.32. The first-order valence-electron chi connectivity index (χ1n) is 6.09. The third-order valence-corrected chi connectivity index (χ3v) is 3.16. The Balaban J connectivity index is 2.25. The molecular formula is C14H15ClN2O2. The van der Waals surface area contributed by atoms with E-state index in [4.69, 9.17) is 16.7 Å². The van der Waals surface area contributed by atoms with Gasteiger partial charge in [-0.25, -0.2) is 4.98 Å². The molecule has 0 unspecified atom stereocenters. The van der Waals surface area contributed by atoms with Gasteiger partial charge in [0.1, 0.15) is 5.82 Å². The number of carboxylic acids is 1. The molecule has 0 bridgehead atoms. The van der Waals surface area contributed by atoms with Gasteiger partial charge >= 0.3 is 5.97 Å². The molecule has 0 aliphatic rings. The summed E-state index contributed by atoms with van der Waals surface area (Å²) in [5.41, 5.74) is 1.79. The average molecular weight is 279 g/mol. The molecule has 0 atom stereocenters. The van der Waals surface area contributed by atoms with Crippen molar-refractivity contribution < 1.29 is 9.90 Å². The van der Waals surface area contributed by atoms with Gasteiger partial charge in [-0.05, 0) is 24.6 Å². The molecule has 1 heterocycles. The molecule has 1 N–H and O–H groups in total. The monoisotopic (exact) mass is 278 g/mol. The molecule has 0 aliphatic carbocycles. The third kappa shape index (κ3) is 3.35. The van der Waals surface area contributed by atoms with E-state index in [1.807, 2.05) is 35.8 Å². The van der Waals surface area contributed by atoms with E-state index < -0.39 is 5.97 Å². The molecule has 1 aromatic heterocycles. The Bertz CT molecular complexity index is 593. The number of rotatable bonds is 5. The van der Waals surface area contributed by atoms with Crippen LogP contribution in [0.5, 0.6) is 0 Å². The van der Waals surface area contributed by atoms with Crippen molar-refractivity contribution in [3.63, 3.8) is 0 Å². The van der Waals surface area contributed by atoms with Crippen LogP contribution >= 0.6 is 11.6 Å². The van der Waals surface area contributed by atoms with E-state index in [-0.39, 0.29) is 6.42 Å². The highest BCUT2D eigenvalue weighted by atomic mass is 35.5. The molecule has 100 valence electrons. The topological polar surface area (TPSA) is 55.1 Å². The third-order valence-electron chi connectivity index (χ3n) is 2.92. The minimum atomic E-state index is -0.844. The smallest absolute Gasteiger partial charge is 0.309 e. The second kappa shape index (κ2) is 5.89. The van der Waals surface area contributed by atoms with Crippen LogP contribution in [-0.2, 0) is 24.2 Å². The first-order chi connectivity index (χ1) is 9.10. The fourth-order valence-electron chi connectivity index (χ4n) is 2.11. The zero-order valence-corrected chi connectivity index (χ0v) is 11.4. The summed E-state index contributed by atoms with van der Waals surface area (Å²) in [5, 5.41) is 9.56. The van der Waals surface area contributed by atoms with Gasteiger partial charge in [0.25, 0.3) is 0 Å². The van der Waals surface area contributed by atoms with Crippen molar-refractivity contribution in [1.29, 1.82) is 0 Å². The van der Waals surface area contributed by atoms with Gasteiger partial charge in [-0.1, -0.05) is 23.7 Å². The predicted octanol–water partition coefficient (Wildman–Crippen LogP) is 2.77. The van der Waals surface area contributed by atoms with Crippen LogP contribution in [0.25, 0.3) is 0 Å². The van der Waals surface area contributed by atoms with Gasteiger partial charge in [-0.3, -0.25) is 4.79 Å². The van der Waals surface area contributed by atoms with E-state index in [0.29, 0.717) is 18.0 Å². The highest BCUT2D eigenvalue weighted by Gasteiger charge is 2.12. The van der Waals surface area contributed by atoms with Crippen LogP contribution in [0.3, 0.4) is 0 Å². The second-order valence-electron chi connectivity index (χ2n) is 4.29. The number of aliphatic carboxylic acids is 1. The van der Waals surface area contributed by atoms with E-state index in [1.54, 1.807) is 6.20 Å². The maximum atomic E-state index is 10.8. The quantitative estimate of drug-likeness (QED) is 0.915. The summed E-state index contributed by atoms with van der Waals surface area (Å²) in [4.78, 5) is 15.1. The lowest BCUT2D eigenvalue weighted by molar-refractivity contribution is -0.136. The molecule has 0 saturated carbocycles. The number of aromatic nitrogens is 2. The number of imidazole rings is 1. The number of benzene rings is 1. The highest BCUT2D eigenvalue weighted by molar-refractivity contribution is 6.30. The van der Waals surface area contributed by atoms with E-state index >= 15 is 0 Å². The number of hydrogen-bond donors (Lipinski definition) is 1. The average Bonchev–Trinajstić information content (AvgIpc) is 2.70. The molecule has 0 saturated heterocycles. The van der Waals surface area contributed by atoms with Crippen LogP contribution in [0, 0.1) is 0 Å². The summed E-state index contributed by atoms with van der Waals surface area (Å²) in [5.74, 6) is 0.0184. The number of halogens is 1. The summed E-state index contributed by atoms with van der Waals surface area (Å²) in [6.07, 6.45) is 2.28. The maximum Gasteiger partial charge on any atom is 0.309 e. The molecular weight excluding hydrogens is 264 g/mol. The normalized spacial score (nSPS) is 10.6. The van der Waals surface area contributed by atoms with Crippen molar-refractivity contribution in [1.82, 2.24) is 9.55 Å². The Hall–Kier alpha value is -1.81. The minimum absolute atomic E-state index is 0.00359. The Kier molecular flexibility index (Phi) is 4.22. The summed E-state index contributed by atoms with van der Waals surface area (Å²) in [6.45, 7) is 2.69. The van der Waals surface area contributed by atoms with Crippen LogP contribution in [0.1, 0.15) is 24.0 Å². The lowest BCUT2D eigenvalue weighted by atomic mass is 10.1. The summed E-state index contributed by atoms with van der Waals surface area (Å²) >= 11 is 5.95. The fraction of sp³-hybridized carbons (Fsp3) is 0.286. The molecule has 2 aromatic rings. The van der Waals surface area contributed by atoms with Crippen molar-refractivity contribution >= 4 is 17.6 Å². The van der Waals surface area contributed by atoms with Gasteiger partial charge in [-0.15, -0.1) is 0 Å². The van der Waals surface area contributed by atoms with Gasteiger partial charge in [-0.2, -0.15) is 0 Å². The molecule has 19 heavy (non-hydrogen) atoms. The van der Waals surface area contributed by atoms with Crippen LogP contribution in [-0.4, -0.2) is 20.6 Å². The van der Waals surface area contributed by atoms with E-state index in [9.17, 15) is 4.79 Å². The van der Waals surface area contributed by atoms with Crippen LogP contribution in [0.4, 0.5) is 0 Å². The molecule has 0 spiro atoms. The van der Waals surface area contributed by atoms with Crippen LogP contribution in [0.15, 0.2) is 30.5 Å². The van der Waals surface area contributed by atoms with E-state index in [1.165, 1.54) is 0 Å². The standard InChI is InChI=1S/C14H15ClN2O2/c1-2-17-12(8-14(18)19)9-16-13(17)7-10-4-3-5-11(15)6-10/h3-6,9H,2,7-8H2,1H3,(H,18,19). The summed E-state index contributed by atoms with van der Waals surface area (Å²) < 4.78 is 1.94. The Morgan fingerprint density at radius 2 is 2.26 bits per heavy atom. The molecule has 0 radical (unpaired) electrons. The number of carboxylic acid groups (broad SMARTS) is 1. The first kappa shape index (κ1) is 13.6. The molecule has 5 heteroatoms. The van der Waals surface area contributed by atoms with Crippen LogP contribution in [0.2, 0.25) is 5.02 Å². The van der Waals surface area contributed by atoms with Crippen molar-refractivity contribution in [3.05, 3.63) is 52.6 Å². The highest BCUT2D eigenvalue weighted by Crippen LogP contribution is 2.15. The van der Waals surface area contributed by atoms with Gasteiger partial charge in [0.05, 0.1) is 6.42 Å². The van der Waals surface area contributed by atoms with Gasteiger partial charge in [0.2, 0.25) is 0 Å². The van der Waals surface area contributed by atoms with Crippen molar-refractivity contribution in [3.8, 4) is 0 Å². The van der Waals surface area contributed by atoms with E-state index in [2.05, 4.69) is 4.98 Å². The molecule has 4 nitrogen and oxygen atoms in total. The predicted molar refractivity (Wildman–Crippen MR) is 73.5 cm³/mol. The second-order valence-corrected chi connectivity index (χ2v) is 4.72. The Labute approximate surface area is 116 Å². The van der Waals surface area contributed by atoms with Gasteiger partial charge in [0, 0.05) is 29.9 Å². The lowest BCUT2D eigenvalue weighted by Crippen LogP contribution is -2.10. The minimum Gasteiger partial charge on any atom is -0.481 e. The zero-order chi connectivity index (χ0) is 13.8. The van der Waals surface area contributed by atoms with Crippen molar-refractivity contribution in [2.45, 2.75) is 26.3 Å². The summed E-state index contributed by atoms with van der Waals surface area (Å²) in [7, 11) is 0. The van der Waals surface area contributed by atoms with Crippen molar-refractivity contribution in [2.75, 3.05) is 0 Å². The molecule has 0 aliphatic heterocycles. The largest absolute Gasteiger partial charge is 0.481 e. The maximum absolute atomic E-state index is 10.8. The Morgan fingerprint density at radius 1 is 1.47 bits per heavy atom. The number of nitrogens with zero attached hydrogens (tertiary/aromatic N) is 2. The number of hydrogen-bond acceptors (Lipinski definition) is 2. The number of carbonyl (C=O) groups is 1.